The van der Waals surface area contributed by atoms with Gasteiger partial charge in [-0.2, -0.15) is 0 Å². The van der Waals surface area contributed by atoms with Crippen LogP contribution in [0.1, 0.15) is 49.3 Å². The number of nitrogens with zero attached hydrogens (tertiary/aromatic N) is 3. The van der Waals surface area contributed by atoms with Crippen LogP contribution in [-0.4, -0.2) is 70.9 Å². The maximum Gasteiger partial charge on any atom is 0.254 e. The van der Waals surface area contributed by atoms with Crippen molar-refractivity contribution in [2.45, 2.75) is 53.2 Å². The third-order valence-electron chi connectivity index (χ3n) is 5.49. The molecule has 3 amide bonds. The number of anilines is 1. The van der Waals surface area contributed by atoms with E-state index < -0.39 is 0 Å². The summed E-state index contributed by atoms with van der Waals surface area (Å²) in [5.74, 6) is -0.270. The summed E-state index contributed by atoms with van der Waals surface area (Å²) in [6.07, 6.45) is 0.195. The Balaban J connectivity index is 1.59. The Morgan fingerprint density at radius 2 is 1.88 bits per heavy atom. The van der Waals surface area contributed by atoms with E-state index in [0.29, 0.717) is 36.0 Å². The van der Waals surface area contributed by atoms with Crippen LogP contribution in [-0.2, 0) is 20.7 Å². The van der Waals surface area contributed by atoms with Crippen molar-refractivity contribution in [3.8, 4) is 0 Å². The van der Waals surface area contributed by atoms with Crippen molar-refractivity contribution in [1.82, 2.24) is 14.8 Å². The molecule has 0 aliphatic carbocycles. The SMILES string of the molecule is Cc1ccccc1C(=O)N(CC(=O)Nc1nc(CC(=O)N2CC(C)OC(C)C2)cs1)CC(C)C. The number of aryl methyl sites for hydroxylation is 1. The Bertz CT molecular complexity index is 1010. The van der Waals surface area contributed by atoms with E-state index in [0.717, 1.165) is 5.56 Å². The fraction of sp³-hybridized carbons (Fsp3) is 0.520. The third kappa shape index (κ3) is 7.11. The predicted octanol–water partition coefficient (Wildman–Crippen LogP) is 3.37. The molecule has 1 fully saturated rings. The quantitative estimate of drug-likeness (QED) is 0.618. The summed E-state index contributed by atoms with van der Waals surface area (Å²) in [5, 5.41) is 4.99. The Kier molecular flexibility index (Phi) is 8.79. The van der Waals surface area contributed by atoms with Gasteiger partial charge in [-0.1, -0.05) is 32.0 Å². The van der Waals surface area contributed by atoms with Gasteiger partial charge in [-0.25, -0.2) is 4.98 Å². The number of morpholine rings is 1. The standard InChI is InChI=1S/C25H34N4O4S/c1-16(2)11-29(24(32)21-9-7-6-8-17(21)3)14-22(30)27-25-26-20(15-34-25)10-23(31)28-12-18(4)33-19(5)13-28/h6-9,15-16,18-19H,10-14H2,1-5H3,(H,26,27,30). The summed E-state index contributed by atoms with van der Waals surface area (Å²) >= 11 is 1.27. The number of hydrogen-bond donors (Lipinski definition) is 1. The van der Waals surface area contributed by atoms with Crippen LogP contribution in [0.5, 0.6) is 0 Å². The van der Waals surface area contributed by atoms with Crippen LogP contribution in [0.3, 0.4) is 0 Å². The van der Waals surface area contributed by atoms with E-state index in [-0.39, 0.29) is 48.8 Å². The summed E-state index contributed by atoms with van der Waals surface area (Å²) < 4.78 is 5.69. The van der Waals surface area contributed by atoms with Gasteiger partial charge < -0.3 is 19.9 Å². The molecule has 0 spiro atoms. The molecule has 2 unspecified atom stereocenters. The normalized spacial score (nSPS) is 18.1. The molecule has 1 aliphatic rings. The van der Waals surface area contributed by atoms with Gasteiger partial charge >= 0.3 is 0 Å². The van der Waals surface area contributed by atoms with Gasteiger partial charge in [0, 0.05) is 30.6 Å². The van der Waals surface area contributed by atoms with Crippen molar-refractivity contribution in [2.75, 3.05) is 31.5 Å². The van der Waals surface area contributed by atoms with Crippen LogP contribution in [0.15, 0.2) is 29.6 Å². The summed E-state index contributed by atoms with van der Waals surface area (Å²) in [6, 6.07) is 7.38. The van der Waals surface area contributed by atoms with Crippen LogP contribution < -0.4 is 5.32 Å². The maximum atomic E-state index is 13.1. The number of carbonyl (C=O) groups excluding carboxylic acids is 3. The molecule has 0 saturated carbocycles. The zero-order valence-electron chi connectivity index (χ0n) is 20.5. The first-order valence-corrected chi connectivity index (χ1v) is 12.5. The van der Waals surface area contributed by atoms with Gasteiger partial charge in [0.1, 0.15) is 6.54 Å². The fourth-order valence-electron chi connectivity index (χ4n) is 4.07. The Morgan fingerprint density at radius 1 is 1.21 bits per heavy atom. The second-order valence-corrected chi connectivity index (χ2v) is 10.2. The number of nitrogens with one attached hydrogen (secondary N) is 1. The molecule has 9 heteroatoms. The van der Waals surface area contributed by atoms with Crippen LogP contribution in [0, 0.1) is 12.8 Å². The Hall–Kier alpha value is -2.78. The van der Waals surface area contributed by atoms with Gasteiger partial charge in [-0.05, 0) is 38.3 Å². The molecular weight excluding hydrogens is 452 g/mol. The lowest BCUT2D eigenvalue weighted by Crippen LogP contribution is -2.48. The summed E-state index contributed by atoms with van der Waals surface area (Å²) in [4.78, 5) is 46.3. The summed E-state index contributed by atoms with van der Waals surface area (Å²) in [5.41, 5.74) is 2.09. The Labute approximate surface area is 205 Å². The van der Waals surface area contributed by atoms with E-state index in [2.05, 4.69) is 10.3 Å². The van der Waals surface area contributed by atoms with Gasteiger partial charge in [-0.3, -0.25) is 14.4 Å². The lowest BCUT2D eigenvalue weighted by atomic mass is 10.1. The molecule has 2 heterocycles. The van der Waals surface area contributed by atoms with Crippen molar-refractivity contribution in [1.29, 1.82) is 0 Å². The number of amides is 3. The average Bonchev–Trinajstić information content (AvgIpc) is 3.18. The number of thiazole rings is 1. The van der Waals surface area contributed by atoms with E-state index in [4.69, 9.17) is 4.74 Å². The molecule has 2 atom stereocenters. The zero-order chi connectivity index (χ0) is 24.8. The number of ether oxygens (including phenoxy) is 1. The molecular formula is C25H34N4O4S. The molecule has 34 heavy (non-hydrogen) atoms. The second kappa shape index (κ2) is 11.6. The number of aromatic nitrogens is 1. The first-order valence-electron chi connectivity index (χ1n) is 11.6. The van der Waals surface area contributed by atoms with E-state index in [1.165, 1.54) is 11.3 Å². The van der Waals surface area contributed by atoms with E-state index in [9.17, 15) is 14.4 Å². The van der Waals surface area contributed by atoms with Gasteiger partial charge in [0.2, 0.25) is 11.8 Å². The minimum atomic E-state index is -0.314. The monoisotopic (exact) mass is 486 g/mol. The minimum Gasteiger partial charge on any atom is -0.372 e. The lowest BCUT2D eigenvalue weighted by Gasteiger charge is -2.35. The molecule has 1 N–H and O–H groups in total. The Morgan fingerprint density at radius 3 is 2.53 bits per heavy atom. The first-order chi connectivity index (χ1) is 16.1. The molecule has 1 aromatic carbocycles. The van der Waals surface area contributed by atoms with Crippen molar-refractivity contribution in [3.05, 3.63) is 46.5 Å². The van der Waals surface area contributed by atoms with E-state index in [1.807, 2.05) is 52.8 Å². The topological polar surface area (TPSA) is 91.8 Å². The van der Waals surface area contributed by atoms with Gasteiger partial charge in [0.15, 0.2) is 5.13 Å². The highest BCUT2D eigenvalue weighted by Crippen LogP contribution is 2.19. The van der Waals surface area contributed by atoms with E-state index in [1.54, 1.807) is 21.2 Å². The molecule has 184 valence electrons. The zero-order valence-corrected chi connectivity index (χ0v) is 21.4. The highest BCUT2D eigenvalue weighted by Gasteiger charge is 2.26. The van der Waals surface area contributed by atoms with Crippen molar-refractivity contribution in [2.24, 2.45) is 5.92 Å². The minimum absolute atomic E-state index is 0.00267. The second-order valence-electron chi connectivity index (χ2n) is 9.32. The molecule has 0 bridgehead atoms. The first kappa shape index (κ1) is 25.8. The molecule has 3 rings (SSSR count). The summed E-state index contributed by atoms with van der Waals surface area (Å²) in [6.45, 7) is 11.4. The van der Waals surface area contributed by atoms with Crippen LogP contribution >= 0.6 is 11.3 Å². The summed E-state index contributed by atoms with van der Waals surface area (Å²) in [7, 11) is 0. The number of rotatable bonds is 8. The third-order valence-corrected chi connectivity index (χ3v) is 6.29. The average molecular weight is 487 g/mol. The largest absolute Gasteiger partial charge is 0.372 e. The molecule has 1 saturated heterocycles. The van der Waals surface area contributed by atoms with Gasteiger partial charge in [0.05, 0.1) is 24.3 Å². The van der Waals surface area contributed by atoms with Gasteiger partial charge in [0.25, 0.3) is 5.91 Å². The van der Waals surface area contributed by atoms with Gasteiger partial charge in [-0.15, -0.1) is 11.3 Å². The smallest absolute Gasteiger partial charge is 0.254 e. The van der Waals surface area contributed by atoms with E-state index >= 15 is 0 Å². The maximum absolute atomic E-state index is 13.1. The van der Waals surface area contributed by atoms with Crippen LogP contribution in [0.25, 0.3) is 0 Å². The lowest BCUT2D eigenvalue weighted by molar-refractivity contribution is -0.142. The van der Waals surface area contributed by atoms with Crippen molar-refractivity contribution in [3.63, 3.8) is 0 Å². The number of benzene rings is 1. The number of carbonyl (C=O) groups is 3. The van der Waals surface area contributed by atoms with Crippen molar-refractivity contribution >= 4 is 34.2 Å². The molecule has 1 aromatic heterocycles. The van der Waals surface area contributed by atoms with Crippen LogP contribution in [0.4, 0.5) is 5.13 Å². The fourth-order valence-corrected chi connectivity index (χ4v) is 4.80. The highest BCUT2D eigenvalue weighted by atomic mass is 32.1. The van der Waals surface area contributed by atoms with Crippen molar-refractivity contribution < 1.29 is 19.1 Å². The molecule has 0 radical (unpaired) electrons. The molecule has 2 aromatic rings. The predicted molar refractivity (Wildman–Crippen MR) is 133 cm³/mol. The highest BCUT2D eigenvalue weighted by molar-refractivity contribution is 7.13. The van der Waals surface area contributed by atoms with Crippen LogP contribution in [0.2, 0.25) is 0 Å². The number of hydrogen-bond acceptors (Lipinski definition) is 6. The molecule has 1 aliphatic heterocycles. The molecule has 8 nitrogen and oxygen atoms in total.